The number of hydrogen-bond acceptors (Lipinski definition) is 17. The fraction of sp³-hybridized carbons (Fsp3) is 0.434. The van der Waals surface area contributed by atoms with Gasteiger partial charge in [0.25, 0.3) is 0 Å². The molecule has 12 aromatic heterocycles. The predicted octanol–water partition coefficient (Wildman–Crippen LogP) is 13.0. The van der Waals surface area contributed by atoms with E-state index in [0.717, 1.165) is 151 Å². The van der Waals surface area contributed by atoms with Crippen molar-refractivity contribution in [2.45, 2.75) is 135 Å². The molecule has 13 aromatic rings. The number of nitrogens with one attached hydrogen (secondary N) is 4. The van der Waals surface area contributed by atoms with Gasteiger partial charge in [0.1, 0.15) is 50.2 Å². The van der Waals surface area contributed by atoms with E-state index < -0.39 is 0 Å². The van der Waals surface area contributed by atoms with Crippen molar-refractivity contribution in [1.82, 2.24) is 63.0 Å². The molecule has 3 saturated carbocycles. The number of rotatable bonds is 24. The SMILES string of the molecule is C[n+]1cccc(CNc2cc(C[C@@H]3CCC[C@@H]3CO)nc3c(Br)cnn23)c1.C[n+]1cccc(CNc2cc(C[C@H]3CCC[C@H]3CO)nc3c(Br)cnn23)c1.C[n+]1cccc(CNc2cc(N3CCC[C@H]3CCO)nc3c(Br)cnn23)c1.Cn1ccc2cc(CNc3cc(C[C@H]4CCCC[C@H]4CO)nc4c(Br)cnn34)ccc21. The van der Waals surface area contributed by atoms with Crippen LogP contribution >= 0.6 is 63.7 Å². The Hall–Kier alpha value is -8.55. The monoisotopic (exact) mass is 1770 g/mol. The molecule has 588 valence electrons. The molecule has 1 aliphatic heterocycles. The summed E-state index contributed by atoms with van der Waals surface area (Å²) in [4.78, 5) is 21.7. The van der Waals surface area contributed by atoms with E-state index in [0.29, 0.717) is 67.7 Å². The Kier molecular flexibility index (Phi) is 26.9. The molecule has 4 fully saturated rings. The van der Waals surface area contributed by atoms with Gasteiger partial charge in [0.05, 0.1) is 42.7 Å². The van der Waals surface area contributed by atoms with Crippen molar-refractivity contribution in [1.29, 1.82) is 0 Å². The van der Waals surface area contributed by atoms with Gasteiger partial charge >= 0.3 is 0 Å². The molecular formula is C83H102Br4N21O4+3. The number of anilines is 5. The molecule has 1 aromatic carbocycles. The summed E-state index contributed by atoms with van der Waals surface area (Å²) in [5.41, 5.74) is 12.5. The lowest BCUT2D eigenvalue weighted by molar-refractivity contribution is -0.672. The average molecular weight is 1780 g/mol. The first-order valence-electron chi connectivity index (χ1n) is 39.2. The van der Waals surface area contributed by atoms with Crippen LogP contribution in [0.5, 0.6) is 0 Å². The largest absolute Gasteiger partial charge is 0.396 e. The molecular weight excluding hydrogens is 1670 g/mol. The van der Waals surface area contributed by atoms with Crippen LogP contribution < -0.4 is 39.9 Å². The van der Waals surface area contributed by atoms with Gasteiger partial charge in [-0.15, -0.1) is 0 Å². The fourth-order valence-electron chi connectivity index (χ4n) is 16.8. The van der Waals surface area contributed by atoms with E-state index in [1.165, 1.54) is 78.1 Å². The smallest absolute Gasteiger partial charge is 0.173 e. The minimum atomic E-state index is 0.204. The lowest BCUT2D eigenvalue weighted by Crippen LogP contribution is -2.31. The van der Waals surface area contributed by atoms with E-state index in [2.05, 4.69) is 213 Å². The van der Waals surface area contributed by atoms with Crippen LogP contribution in [0.1, 0.15) is 123 Å². The number of halogens is 4. The summed E-state index contributed by atoms with van der Waals surface area (Å²) in [7, 11) is 8.14. The number of benzene rings is 1. The van der Waals surface area contributed by atoms with Crippen molar-refractivity contribution in [3.05, 3.63) is 210 Å². The topological polar surface area (TPSA) is 270 Å². The van der Waals surface area contributed by atoms with Crippen LogP contribution in [-0.2, 0) is 73.6 Å². The van der Waals surface area contributed by atoms with Gasteiger partial charge in [-0.25, -0.2) is 33.6 Å². The fourth-order valence-corrected chi connectivity index (χ4v) is 18.1. The van der Waals surface area contributed by atoms with Gasteiger partial charge < -0.3 is 51.2 Å². The zero-order valence-corrected chi connectivity index (χ0v) is 70.4. The van der Waals surface area contributed by atoms with Crippen LogP contribution in [0.4, 0.5) is 29.1 Å². The van der Waals surface area contributed by atoms with Gasteiger partial charge in [-0.3, -0.25) is 0 Å². The third-order valence-corrected chi connectivity index (χ3v) is 24.9. The first-order valence-corrected chi connectivity index (χ1v) is 42.4. The summed E-state index contributed by atoms with van der Waals surface area (Å²) in [6.07, 6.45) is 39.0. The van der Waals surface area contributed by atoms with Gasteiger partial charge in [0, 0.05) is 160 Å². The molecule has 112 heavy (non-hydrogen) atoms. The Balaban J connectivity index is 0.000000124. The zero-order chi connectivity index (χ0) is 77.8. The lowest BCUT2D eigenvalue weighted by atomic mass is 9.77. The minimum absolute atomic E-state index is 0.204. The number of aliphatic hydroxyl groups is 4. The van der Waals surface area contributed by atoms with Gasteiger partial charge in [0.15, 0.2) is 59.8 Å². The van der Waals surface area contributed by atoms with Crippen LogP contribution in [0.2, 0.25) is 0 Å². The zero-order valence-electron chi connectivity index (χ0n) is 64.1. The summed E-state index contributed by atoms with van der Waals surface area (Å²) < 4.78 is 19.2. The van der Waals surface area contributed by atoms with E-state index >= 15 is 0 Å². The van der Waals surface area contributed by atoms with Crippen LogP contribution in [0.15, 0.2) is 171 Å². The van der Waals surface area contributed by atoms with Crippen molar-refractivity contribution in [3.63, 3.8) is 0 Å². The maximum atomic E-state index is 9.81. The lowest BCUT2D eigenvalue weighted by Gasteiger charge is -2.30. The first-order chi connectivity index (χ1) is 54.5. The molecule has 0 unspecified atom stereocenters. The number of fused-ring (bicyclic) bond motifs is 5. The second-order valence-electron chi connectivity index (χ2n) is 30.5. The quantitative estimate of drug-likeness (QED) is 0.0261. The molecule has 4 aliphatic rings. The number of aryl methyl sites for hydroxylation is 4. The van der Waals surface area contributed by atoms with Crippen LogP contribution in [-0.4, -0.2) is 122 Å². The number of aromatic nitrogens is 16. The van der Waals surface area contributed by atoms with Crippen molar-refractivity contribution >= 4 is 126 Å². The van der Waals surface area contributed by atoms with E-state index in [1.807, 2.05) is 89.7 Å². The molecule has 7 atom stereocenters. The molecule has 0 bridgehead atoms. The summed E-state index contributed by atoms with van der Waals surface area (Å²) in [5.74, 6) is 7.33. The third kappa shape index (κ3) is 19.4. The molecule has 8 N–H and O–H groups in total. The van der Waals surface area contributed by atoms with Crippen molar-refractivity contribution in [3.8, 4) is 0 Å². The summed E-state index contributed by atoms with van der Waals surface area (Å²) in [5, 5.41) is 71.7. The molecule has 0 radical (unpaired) electrons. The van der Waals surface area contributed by atoms with Gasteiger partial charge in [-0.2, -0.15) is 38.5 Å². The van der Waals surface area contributed by atoms with E-state index in [4.69, 9.17) is 19.9 Å². The van der Waals surface area contributed by atoms with Gasteiger partial charge in [0.2, 0.25) is 0 Å². The highest BCUT2D eigenvalue weighted by molar-refractivity contribution is 9.11. The Morgan fingerprint density at radius 3 is 1.22 bits per heavy atom. The molecule has 0 spiro atoms. The van der Waals surface area contributed by atoms with E-state index in [9.17, 15) is 20.4 Å². The molecule has 3 aliphatic carbocycles. The molecule has 25 nitrogen and oxygen atoms in total. The third-order valence-electron chi connectivity index (χ3n) is 22.7. The highest BCUT2D eigenvalue weighted by atomic mass is 79.9. The number of nitrogens with zero attached hydrogens (tertiary/aromatic N) is 17. The van der Waals surface area contributed by atoms with Gasteiger partial charge in [-0.05, 0) is 224 Å². The number of pyridine rings is 3. The molecule has 1 saturated heterocycles. The van der Waals surface area contributed by atoms with E-state index in [1.54, 1.807) is 24.8 Å². The molecule has 13 heterocycles. The second kappa shape index (κ2) is 37.6. The van der Waals surface area contributed by atoms with Crippen LogP contribution in [0.25, 0.3) is 33.5 Å². The number of aliphatic hydroxyl groups excluding tert-OH is 4. The second-order valence-corrected chi connectivity index (χ2v) is 34.0. The summed E-state index contributed by atoms with van der Waals surface area (Å²) in [6.45, 7) is 4.84. The maximum absolute atomic E-state index is 9.81. The normalized spacial score (nSPS) is 18.9. The van der Waals surface area contributed by atoms with Crippen LogP contribution in [0, 0.1) is 35.5 Å². The Morgan fingerprint density at radius 1 is 0.429 bits per heavy atom. The van der Waals surface area contributed by atoms with Crippen molar-refractivity contribution in [2.24, 2.45) is 63.7 Å². The number of hydrogen-bond donors (Lipinski definition) is 8. The molecule has 29 heteroatoms. The van der Waals surface area contributed by atoms with Crippen molar-refractivity contribution < 1.29 is 34.1 Å². The average Bonchev–Trinajstić information content (AvgIpc) is 1.61. The molecule has 0 amide bonds. The Labute approximate surface area is 686 Å². The Morgan fingerprint density at radius 2 is 0.812 bits per heavy atom. The van der Waals surface area contributed by atoms with Crippen molar-refractivity contribution in [2.75, 3.05) is 59.1 Å². The highest BCUT2D eigenvalue weighted by Gasteiger charge is 2.31. The predicted molar refractivity (Wildman–Crippen MR) is 449 cm³/mol. The highest BCUT2D eigenvalue weighted by Crippen LogP contribution is 2.38. The standard InChI is InChI=1S/C24H28BrN5O.2C20H25BrN5O.C19H24BrN6O/c1-29-9-8-18-10-16(6-7-22(18)29)13-26-23-12-20(28-24-21(25)14-27-30(23)24)11-17-4-2-3-5-19(17)15-31;2*1-25-7-3-4-14(12-25)10-22-19-9-17(8-15-5-2-6-16(15)13-27)24-20-18(21)11-23-26(19)20;1-24-7-2-4-14(13-24)11-21-17-10-18(23-19-16(20)12-22-26(17)19)25-8-3-5-15(25)6-9-27/h6-10,12,14,17,19,26,31H,2-5,11,13,15H2,1H3;2*3-4,7,9,11-12,15-16,22,27H,2,5-6,8,10,13H2,1H3;2,4,7,10,12-13,15,21,27H,3,5-6,8-9,11H2,1H3/q;3*+1/t17-,19+;2*15-,16+;15-/m1100/s1. The van der Waals surface area contributed by atoms with Gasteiger partial charge in [-0.1, -0.05) is 31.7 Å². The Bertz CT molecular complexity index is 5180. The van der Waals surface area contributed by atoms with E-state index in [-0.39, 0.29) is 26.4 Å². The first kappa shape index (κ1) is 80.1. The van der Waals surface area contributed by atoms with Crippen LogP contribution in [0.3, 0.4) is 0 Å². The molecule has 17 rings (SSSR count). The maximum Gasteiger partial charge on any atom is 0.173 e. The summed E-state index contributed by atoms with van der Waals surface area (Å²) >= 11 is 14.3. The summed E-state index contributed by atoms with van der Waals surface area (Å²) in [6, 6.07) is 29.9. The minimum Gasteiger partial charge on any atom is -0.396 e.